The zero-order valence-electron chi connectivity index (χ0n) is 11.3. The highest BCUT2D eigenvalue weighted by molar-refractivity contribution is 5.90. The van der Waals surface area contributed by atoms with Crippen LogP contribution in [0.2, 0.25) is 0 Å². The Morgan fingerprint density at radius 1 is 1.50 bits per heavy atom. The third-order valence-electron chi connectivity index (χ3n) is 3.26. The molecule has 0 saturated carbocycles. The van der Waals surface area contributed by atoms with Crippen molar-refractivity contribution in [3.05, 3.63) is 59.7 Å². The SMILES string of the molecule is COC(=O)C1=CCN(Cc2ccccc2)C1/C=C\C#N. The first kappa shape index (κ1) is 14.0. The van der Waals surface area contributed by atoms with Crippen molar-refractivity contribution in [2.24, 2.45) is 0 Å². The summed E-state index contributed by atoms with van der Waals surface area (Å²) in [5.41, 5.74) is 1.76. The number of hydrogen-bond donors (Lipinski definition) is 0. The molecule has 0 aromatic heterocycles. The summed E-state index contributed by atoms with van der Waals surface area (Å²) < 4.78 is 4.79. The Morgan fingerprint density at radius 2 is 2.25 bits per heavy atom. The van der Waals surface area contributed by atoms with Crippen molar-refractivity contribution < 1.29 is 9.53 Å². The van der Waals surface area contributed by atoms with Gasteiger partial charge in [-0.2, -0.15) is 5.26 Å². The number of nitrogens with zero attached hydrogens (tertiary/aromatic N) is 2. The third-order valence-corrected chi connectivity index (χ3v) is 3.26. The molecule has 1 aromatic rings. The number of hydrogen-bond acceptors (Lipinski definition) is 4. The molecule has 0 saturated heterocycles. The van der Waals surface area contributed by atoms with Crippen LogP contribution in [0.4, 0.5) is 0 Å². The van der Waals surface area contributed by atoms with Crippen molar-refractivity contribution in [2.75, 3.05) is 13.7 Å². The minimum absolute atomic E-state index is 0.206. The van der Waals surface area contributed by atoms with Gasteiger partial charge in [-0.1, -0.05) is 42.5 Å². The number of esters is 1. The van der Waals surface area contributed by atoms with E-state index in [1.807, 2.05) is 42.5 Å². The van der Waals surface area contributed by atoms with Crippen molar-refractivity contribution in [1.29, 1.82) is 5.26 Å². The highest BCUT2D eigenvalue weighted by atomic mass is 16.5. The maximum atomic E-state index is 11.8. The zero-order chi connectivity index (χ0) is 14.4. The molecular formula is C16H16N2O2. The van der Waals surface area contributed by atoms with E-state index in [-0.39, 0.29) is 12.0 Å². The second kappa shape index (κ2) is 6.69. The molecule has 0 N–H and O–H groups in total. The molecule has 4 heteroatoms. The molecule has 0 aliphatic carbocycles. The summed E-state index contributed by atoms with van der Waals surface area (Å²) in [6.07, 6.45) is 5.00. The summed E-state index contributed by atoms with van der Waals surface area (Å²) >= 11 is 0. The van der Waals surface area contributed by atoms with Gasteiger partial charge in [0.2, 0.25) is 0 Å². The van der Waals surface area contributed by atoms with Crippen LogP contribution in [0.25, 0.3) is 0 Å². The number of allylic oxidation sites excluding steroid dienone is 1. The first-order valence-electron chi connectivity index (χ1n) is 6.39. The van der Waals surface area contributed by atoms with Crippen LogP contribution in [-0.2, 0) is 16.1 Å². The number of nitriles is 1. The van der Waals surface area contributed by atoms with E-state index in [4.69, 9.17) is 10.00 Å². The van der Waals surface area contributed by atoms with E-state index in [1.54, 1.807) is 6.08 Å². The van der Waals surface area contributed by atoms with Gasteiger partial charge in [-0.3, -0.25) is 4.90 Å². The van der Waals surface area contributed by atoms with Crippen LogP contribution < -0.4 is 0 Å². The van der Waals surface area contributed by atoms with Gasteiger partial charge in [0.25, 0.3) is 0 Å². The first-order chi connectivity index (χ1) is 9.76. The standard InChI is InChI=1S/C16H16N2O2/c1-20-16(19)14-9-11-18(15(14)8-5-10-17)12-13-6-3-2-4-7-13/h2-9,15H,11-12H2,1H3/b8-5-. The molecule has 0 amide bonds. The van der Waals surface area contributed by atoms with Gasteiger partial charge in [-0.25, -0.2) is 4.79 Å². The maximum absolute atomic E-state index is 11.8. The van der Waals surface area contributed by atoms with Crippen LogP contribution in [-0.4, -0.2) is 30.6 Å². The highest BCUT2D eigenvalue weighted by Crippen LogP contribution is 2.23. The number of benzene rings is 1. The number of rotatable bonds is 4. The molecule has 1 aliphatic heterocycles. The summed E-state index contributed by atoms with van der Waals surface area (Å²) in [6, 6.07) is 11.8. The summed E-state index contributed by atoms with van der Waals surface area (Å²) in [5, 5.41) is 8.69. The van der Waals surface area contributed by atoms with Crippen LogP contribution >= 0.6 is 0 Å². The Kier molecular flexibility index (Phi) is 4.70. The molecule has 20 heavy (non-hydrogen) atoms. The molecular weight excluding hydrogens is 252 g/mol. The number of carbonyl (C=O) groups is 1. The normalized spacial score (nSPS) is 18.8. The summed E-state index contributed by atoms with van der Waals surface area (Å²) in [6.45, 7) is 1.39. The maximum Gasteiger partial charge on any atom is 0.335 e. The fraction of sp³-hybridized carbons (Fsp3) is 0.250. The molecule has 4 nitrogen and oxygen atoms in total. The number of methoxy groups -OCH3 is 1. The summed E-state index contributed by atoms with van der Waals surface area (Å²) in [5.74, 6) is -0.340. The fourth-order valence-electron chi connectivity index (χ4n) is 2.31. The third kappa shape index (κ3) is 3.14. The average Bonchev–Trinajstić information content (AvgIpc) is 2.88. The van der Waals surface area contributed by atoms with Crippen molar-refractivity contribution in [3.8, 4) is 6.07 Å². The van der Waals surface area contributed by atoms with Gasteiger partial charge in [-0.05, 0) is 5.56 Å². The van der Waals surface area contributed by atoms with Crippen LogP contribution in [0.3, 0.4) is 0 Å². The molecule has 0 spiro atoms. The van der Waals surface area contributed by atoms with Crippen molar-refractivity contribution >= 4 is 5.97 Å². The van der Waals surface area contributed by atoms with E-state index in [0.29, 0.717) is 12.1 Å². The van der Waals surface area contributed by atoms with Crippen molar-refractivity contribution in [1.82, 2.24) is 4.90 Å². The molecule has 0 bridgehead atoms. The predicted octanol–water partition coefficient (Wildman–Crippen LogP) is 2.05. The van der Waals surface area contributed by atoms with E-state index in [9.17, 15) is 4.79 Å². The Morgan fingerprint density at radius 3 is 2.90 bits per heavy atom. The monoisotopic (exact) mass is 268 g/mol. The topological polar surface area (TPSA) is 53.3 Å². The molecule has 0 fully saturated rings. The molecule has 102 valence electrons. The number of ether oxygens (including phenoxy) is 1. The zero-order valence-corrected chi connectivity index (χ0v) is 11.3. The van der Waals surface area contributed by atoms with Gasteiger partial charge in [0.05, 0.1) is 24.8 Å². The Labute approximate surface area is 118 Å². The molecule has 0 radical (unpaired) electrons. The van der Waals surface area contributed by atoms with E-state index in [0.717, 1.165) is 6.54 Å². The highest BCUT2D eigenvalue weighted by Gasteiger charge is 2.30. The van der Waals surface area contributed by atoms with Crippen LogP contribution in [0.5, 0.6) is 0 Å². The average molecular weight is 268 g/mol. The molecule has 1 heterocycles. The van der Waals surface area contributed by atoms with E-state index >= 15 is 0 Å². The van der Waals surface area contributed by atoms with Gasteiger partial charge >= 0.3 is 5.97 Å². The van der Waals surface area contributed by atoms with E-state index < -0.39 is 0 Å². The quantitative estimate of drug-likeness (QED) is 0.619. The molecule has 1 atom stereocenters. The minimum atomic E-state index is -0.340. The second-order valence-electron chi connectivity index (χ2n) is 4.50. The van der Waals surface area contributed by atoms with Crippen LogP contribution in [0.15, 0.2) is 54.1 Å². The Bertz CT molecular complexity index is 570. The van der Waals surface area contributed by atoms with Crippen molar-refractivity contribution in [2.45, 2.75) is 12.6 Å². The van der Waals surface area contributed by atoms with Crippen molar-refractivity contribution in [3.63, 3.8) is 0 Å². The summed E-state index contributed by atoms with van der Waals surface area (Å²) in [7, 11) is 1.37. The van der Waals surface area contributed by atoms with E-state index in [2.05, 4.69) is 4.90 Å². The lowest BCUT2D eigenvalue weighted by Crippen LogP contribution is -2.32. The summed E-state index contributed by atoms with van der Waals surface area (Å²) in [4.78, 5) is 13.9. The van der Waals surface area contributed by atoms with Gasteiger partial charge in [-0.15, -0.1) is 0 Å². The Balaban J connectivity index is 2.16. The van der Waals surface area contributed by atoms with Crippen LogP contribution in [0, 0.1) is 11.3 Å². The lowest BCUT2D eigenvalue weighted by molar-refractivity contribution is -0.136. The molecule has 1 aromatic carbocycles. The predicted molar refractivity (Wildman–Crippen MR) is 75.5 cm³/mol. The lowest BCUT2D eigenvalue weighted by atomic mass is 10.1. The fourth-order valence-corrected chi connectivity index (χ4v) is 2.31. The van der Waals surface area contributed by atoms with E-state index in [1.165, 1.54) is 18.7 Å². The molecule has 1 aliphatic rings. The minimum Gasteiger partial charge on any atom is -0.466 e. The second-order valence-corrected chi connectivity index (χ2v) is 4.50. The smallest absolute Gasteiger partial charge is 0.335 e. The largest absolute Gasteiger partial charge is 0.466 e. The number of carbonyl (C=O) groups excluding carboxylic acids is 1. The van der Waals surface area contributed by atoms with Gasteiger partial charge in [0, 0.05) is 19.2 Å². The molecule has 2 rings (SSSR count). The first-order valence-corrected chi connectivity index (χ1v) is 6.39. The van der Waals surface area contributed by atoms with Gasteiger partial charge in [0.15, 0.2) is 0 Å². The van der Waals surface area contributed by atoms with Gasteiger partial charge in [0.1, 0.15) is 0 Å². The van der Waals surface area contributed by atoms with Crippen LogP contribution in [0.1, 0.15) is 5.56 Å². The lowest BCUT2D eigenvalue weighted by Gasteiger charge is -2.23. The molecule has 1 unspecified atom stereocenters. The van der Waals surface area contributed by atoms with Gasteiger partial charge < -0.3 is 4.74 Å². The Hall–Kier alpha value is -2.38.